The van der Waals surface area contributed by atoms with Crippen molar-refractivity contribution in [2.45, 2.75) is 139 Å². The Hall–Kier alpha value is -10.9. The molecule has 3 aromatic heterocycles. The van der Waals surface area contributed by atoms with Crippen molar-refractivity contribution in [3.05, 3.63) is 226 Å². The second-order valence-electron chi connectivity index (χ2n) is 25.6. The fourth-order valence-electron chi connectivity index (χ4n) is 10.5. The van der Waals surface area contributed by atoms with E-state index >= 15 is 13.2 Å². The van der Waals surface area contributed by atoms with Gasteiger partial charge in [-0.3, -0.25) is 18.5 Å². The van der Waals surface area contributed by atoms with E-state index in [0.29, 0.717) is 122 Å². The van der Waals surface area contributed by atoms with E-state index in [-0.39, 0.29) is 49.7 Å². The zero-order valence-electron chi connectivity index (χ0n) is 58.9. The van der Waals surface area contributed by atoms with Crippen molar-refractivity contribution < 1.29 is 66.0 Å². The van der Waals surface area contributed by atoms with Gasteiger partial charge in [0.25, 0.3) is 18.0 Å². The van der Waals surface area contributed by atoms with Crippen LogP contribution in [0.3, 0.4) is 0 Å². The van der Waals surface area contributed by atoms with Crippen LogP contribution in [0.1, 0.15) is 177 Å². The molecule has 0 radical (unpaired) electrons. The van der Waals surface area contributed by atoms with Crippen LogP contribution in [0.2, 0.25) is 0 Å². The van der Waals surface area contributed by atoms with Crippen molar-refractivity contribution in [3.63, 3.8) is 0 Å². The molecule has 22 heteroatoms. The summed E-state index contributed by atoms with van der Waals surface area (Å²) in [4.78, 5) is 62.8. The Morgan fingerprint density at radius 1 is 0.510 bits per heavy atom. The molecule has 526 valence electrons. The number of carbonyl (C=O) groups excluding carboxylic acids is 4. The number of imidazole rings is 3. The van der Waals surface area contributed by atoms with Crippen LogP contribution >= 0.6 is 0 Å². The Kier molecular flexibility index (Phi) is 26.1. The average Bonchev–Trinajstić information content (AvgIpc) is 1.40. The Morgan fingerprint density at radius 3 is 1.14 bits per heavy atom. The zero-order chi connectivity index (χ0) is 73.2. The summed E-state index contributed by atoms with van der Waals surface area (Å²) >= 11 is 0. The van der Waals surface area contributed by atoms with E-state index in [9.17, 15) is 19.2 Å². The van der Waals surface area contributed by atoms with Crippen molar-refractivity contribution in [3.8, 4) is 51.4 Å². The van der Waals surface area contributed by atoms with Gasteiger partial charge in [-0.25, -0.2) is 27.6 Å². The second-order valence-corrected chi connectivity index (χ2v) is 25.6. The highest BCUT2D eigenvalue weighted by Gasteiger charge is 2.27. The first kappa shape index (κ1) is 76.5. The Balaban J connectivity index is 0.000000211. The molecule has 0 amide bonds. The number of aldehydes is 1. The number of hydrogen-bond acceptors (Lipinski definition) is 16. The van der Waals surface area contributed by atoms with E-state index in [0.717, 1.165) is 11.4 Å². The summed E-state index contributed by atoms with van der Waals surface area (Å²) < 4.78 is 83.9. The lowest BCUT2D eigenvalue weighted by Crippen LogP contribution is -2.24. The van der Waals surface area contributed by atoms with Gasteiger partial charge in [0, 0.05) is 23.2 Å². The molecule has 0 spiro atoms. The molecule has 19 nitrogen and oxygen atoms in total. The van der Waals surface area contributed by atoms with Crippen LogP contribution in [0.5, 0.6) is 18.0 Å². The van der Waals surface area contributed by atoms with Gasteiger partial charge in [0.1, 0.15) is 39.9 Å². The van der Waals surface area contributed by atoms with Gasteiger partial charge in [-0.2, -0.15) is 15.0 Å². The standard InChI is InChI=1S/C26H28FN3O4.C26H32FN3O3.C26H27FN2O4/c1-6-22-23(15-28-32)30(25(29-22)33-7-2)16-18-13-12-17(14-21(18)27)19-10-8-9-11-20(19)24(31)34-26(3,4)5;1-6-22-23(15-28)30(25(29-22)32-7-2)16-18-13-12-17(14-21(18)27)19-10-8-9-11-20(19)24(31)33-26(3,4)5;1-6-22-23(16-30)29(25(28-22)32-7-2)15-18-13-12-17(14-21(18)27)19-10-8-9-11-20(19)24(31)33-26(3,4)5/h6,8-15,32H,1,7,16H2,2-5H3;8-14H,6-7,15-16,28H2,1-5H3;6,8-14,16H,1,7,15H2,2-5H3/b28-15-;;. The molecule has 100 heavy (non-hydrogen) atoms. The third-order valence-corrected chi connectivity index (χ3v) is 14.9. The SMILES string of the molecule is C=Cc1nc(OCC)n(Cc2ccc(-c3ccccc3C(=O)OC(C)(C)C)cc2F)c1/C=N\O.C=Cc1nc(OCC)n(Cc2ccc(-c3ccccc3C(=O)OC(C)(C)C)cc2F)c1C=O.CCOc1nc(CC)c(CN)n1Cc1ccc(-c2ccccc2C(=O)OC(C)(C)C)cc1F. The first-order valence-corrected chi connectivity index (χ1v) is 32.6. The van der Waals surface area contributed by atoms with Crippen LogP contribution in [-0.2, 0) is 46.8 Å². The first-order chi connectivity index (χ1) is 47.5. The summed E-state index contributed by atoms with van der Waals surface area (Å²) in [5, 5.41) is 12.2. The van der Waals surface area contributed by atoms with Gasteiger partial charge < -0.3 is 39.4 Å². The molecule has 0 atom stereocenters. The molecule has 3 heterocycles. The van der Waals surface area contributed by atoms with E-state index < -0.39 is 46.3 Å². The van der Waals surface area contributed by atoms with Crippen LogP contribution < -0.4 is 19.9 Å². The number of aryl methyl sites for hydroxylation is 1. The molecular formula is C78H87F3N8O11. The van der Waals surface area contributed by atoms with Crippen LogP contribution in [0.25, 0.3) is 45.5 Å². The molecule has 9 aromatic rings. The number of benzene rings is 6. The van der Waals surface area contributed by atoms with Crippen molar-refractivity contribution >= 4 is 42.6 Å². The minimum Gasteiger partial charge on any atom is -0.465 e. The highest BCUT2D eigenvalue weighted by Crippen LogP contribution is 2.33. The first-order valence-electron chi connectivity index (χ1n) is 32.6. The minimum absolute atomic E-state index is 0.0457. The van der Waals surface area contributed by atoms with Crippen molar-refractivity contribution in [1.82, 2.24) is 28.7 Å². The predicted molar refractivity (Wildman–Crippen MR) is 381 cm³/mol. The fraction of sp³-hybridized carbons (Fsp3) is 0.308. The number of carbonyl (C=O) groups is 4. The van der Waals surface area contributed by atoms with Crippen molar-refractivity contribution in [1.29, 1.82) is 0 Å². The number of rotatable bonds is 24. The highest BCUT2D eigenvalue weighted by molar-refractivity contribution is 5.99. The molecule has 6 aromatic carbocycles. The second kappa shape index (κ2) is 34.1. The predicted octanol–water partition coefficient (Wildman–Crippen LogP) is 16.2. The lowest BCUT2D eigenvalue weighted by Gasteiger charge is -2.20. The normalized spacial score (nSPS) is 11.4. The van der Waals surface area contributed by atoms with Crippen LogP contribution in [-0.4, -0.2) is 101 Å². The van der Waals surface area contributed by atoms with Gasteiger partial charge in [-0.15, -0.1) is 0 Å². The maximum absolute atomic E-state index is 15.3. The number of ether oxygens (including phenoxy) is 6. The lowest BCUT2D eigenvalue weighted by atomic mass is 9.98. The van der Waals surface area contributed by atoms with Crippen LogP contribution in [0, 0.1) is 17.5 Å². The van der Waals surface area contributed by atoms with Gasteiger partial charge in [0.05, 0.1) is 90.8 Å². The number of hydrogen-bond donors (Lipinski definition) is 2. The van der Waals surface area contributed by atoms with Gasteiger partial charge in [-0.05, 0) is 171 Å². The topological polar surface area (TPSA) is 236 Å². The number of esters is 3. The van der Waals surface area contributed by atoms with E-state index in [1.807, 2.05) is 58.2 Å². The molecule has 0 aliphatic rings. The minimum atomic E-state index is -0.651. The largest absolute Gasteiger partial charge is 0.465 e. The third-order valence-electron chi connectivity index (χ3n) is 14.9. The van der Waals surface area contributed by atoms with Gasteiger partial charge in [0.15, 0.2) is 6.29 Å². The maximum atomic E-state index is 15.3. The molecule has 0 saturated carbocycles. The Labute approximate surface area is 581 Å². The zero-order valence-corrected chi connectivity index (χ0v) is 58.9. The van der Waals surface area contributed by atoms with Crippen molar-refractivity contribution in [2.75, 3.05) is 19.8 Å². The summed E-state index contributed by atoms with van der Waals surface area (Å²) in [5.41, 5.74) is 12.9. The quantitative estimate of drug-likeness (QED) is 0.0143. The fourth-order valence-corrected chi connectivity index (χ4v) is 10.5. The molecule has 0 aliphatic carbocycles. The highest BCUT2D eigenvalue weighted by atomic mass is 19.1. The summed E-state index contributed by atoms with van der Waals surface area (Å²) in [6, 6.07) is 36.3. The van der Waals surface area contributed by atoms with Crippen LogP contribution in [0.4, 0.5) is 13.2 Å². The lowest BCUT2D eigenvalue weighted by molar-refractivity contribution is 0.00578. The molecule has 0 saturated heterocycles. The monoisotopic (exact) mass is 1370 g/mol. The van der Waals surface area contributed by atoms with Gasteiger partial charge in [0.2, 0.25) is 0 Å². The number of halogens is 3. The molecule has 0 bridgehead atoms. The molecule has 9 rings (SSSR count). The van der Waals surface area contributed by atoms with E-state index in [2.05, 4.69) is 33.3 Å². The molecule has 3 N–H and O–H groups in total. The van der Waals surface area contributed by atoms with Gasteiger partial charge in [-0.1, -0.05) is 116 Å². The molecule has 0 unspecified atom stereocenters. The van der Waals surface area contributed by atoms with Gasteiger partial charge >= 0.3 is 17.9 Å². The van der Waals surface area contributed by atoms with E-state index in [1.165, 1.54) is 41.1 Å². The van der Waals surface area contributed by atoms with Crippen LogP contribution in [0.15, 0.2) is 146 Å². The summed E-state index contributed by atoms with van der Waals surface area (Å²) in [6.45, 7) is 32.9. The molecule has 0 aliphatic heterocycles. The molecule has 0 fully saturated rings. The van der Waals surface area contributed by atoms with E-state index in [1.54, 1.807) is 150 Å². The van der Waals surface area contributed by atoms with Crippen molar-refractivity contribution in [2.24, 2.45) is 10.9 Å². The number of nitrogens with two attached hydrogens (primary N) is 1. The average molecular weight is 1370 g/mol. The number of aromatic nitrogens is 6. The number of oxime groups is 1. The smallest absolute Gasteiger partial charge is 0.339 e. The third kappa shape index (κ3) is 19.5. The summed E-state index contributed by atoms with van der Waals surface area (Å²) in [6.07, 6.45) is 5.52. The molecular weight excluding hydrogens is 1280 g/mol. The summed E-state index contributed by atoms with van der Waals surface area (Å²) in [5.74, 6) is -2.74. The maximum Gasteiger partial charge on any atom is 0.339 e. The Bertz CT molecular complexity index is 4430. The number of nitrogens with zero attached hydrogens (tertiary/aromatic N) is 7. The van der Waals surface area contributed by atoms with E-state index in [4.69, 9.17) is 39.4 Å². The summed E-state index contributed by atoms with van der Waals surface area (Å²) in [7, 11) is 0. The Morgan fingerprint density at radius 2 is 0.840 bits per heavy atom.